The lowest BCUT2D eigenvalue weighted by Crippen LogP contribution is -2.53. The van der Waals surface area contributed by atoms with Crippen molar-refractivity contribution < 1.29 is 34.4 Å². The lowest BCUT2D eigenvalue weighted by atomic mass is 9.58. The van der Waals surface area contributed by atoms with Crippen LogP contribution in [0.3, 0.4) is 0 Å². The van der Waals surface area contributed by atoms with Gasteiger partial charge < -0.3 is 24.8 Å². The maximum Gasteiger partial charge on any atom is 0.336 e. The minimum Gasteiger partial charge on any atom is -0.461 e. The first kappa shape index (κ1) is 21.3. The van der Waals surface area contributed by atoms with Crippen LogP contribution in [0.15, 0.2) is 37.0 Å². The smallest absolute Gasteiger partial charge is 0.336 e. The second kappa shape index (κ2) is 7.96. The molecule has 27 heavy (non-hydrogen) atoms. The van der Waals surface area contributed by atoms with E-state index in [1.165, 1.54) is 0 Å². The molecule has 1 heterocycles. The minimum absolute atomic E-state index is 0.255. The van der Waals surface area contributed by atoms with Crippen molar-refractivity contribution in [2.45, 2.75) is 38.6 Å². The highest BCUT2D eigenvalue weighted by Crippen LogP contribution is 2.54. The van der Waals surface area contributed by atoms with Crippen molar-refractivity contribution in [3.05, 3.63) is 37.0 Å². The molecule has 1 aliphatic heterocycles. The largest absolute Gasteiger partial charge is 0.461 e. The topological polar surface area (TPSA) is 113 Å². The van der Waals surface area contributed by atoms with Crippen LogP contribution in [0, 0.1) is 23.2 Å². The summed E-state index contributed by atoms with van der Waals surface area (Å²) in [6.45, 7) is 14.0. The summed E-state index contributed by atoms with van der Waals surface area (Å²) >= 11 is 0. The van der Waals surface area contributed by atoms with E-state index in [1.807, 2.05) is 6.92 Å². The Labute approximate surface area is 159 Å². The molecule has 2 aliphatic rings. The van der Waals surface area contributed by atoms with E-state index < -0.39 is 54.1 Å². The van der Waals surface area contributed by atoms with Crippen molar-refractivity contribution in [1.29, 1.82) is 0 Å². The standard InChI is InChI=1S/C20H28O7/c1-6-20(5)7-14(26-18(24)11(3)13(23)9-22)15-12(4)19(25)27-17(15)16(20)10(2)8-21/h6,12-17,21-23H,1-3,7-9H2,4-5H3. The van der Waals surface area contributed by atoms with E-state index in [-0.39, 0.29) is 18.1 Å². The van der Waals surface area contributed by atoms with Gasteiger partial charge in [0.05, 0.1) is 24.7 Å². The number of hydrogen-bond acceptors (Lipinski definition) is 7. The number of ether oxygens (including phenoxy) is 2. The summed E-state index contributed by atoms with van der Waals surface area (Å²) < 4.78 is 11.2. The van der Waals surface area contributed by atoms with Gasteiger partial charge in [-0.25, -0.2) is 4.79 Å². The summed E-state index contributed by atoms with van der Waals surface area (Å²) in [6, 6.07) is 0. The van der Waals surface area contributed by atoms with Crippen LogP contribution in [-0.2, 0) is 19.1 Å². The Morgan fingerprint density at radius 3 is 2.59 bits per heavy atom. The first-order valence-corrected chi connectivity index (χ1v) is 8.92. The zero-order valence-electron chi connectivity index (χ0n) is 15.8. The second-order valence-corrected chi connectivity index (χ2v) is 7.64. The van der Waals surface area contributed by atoms with Gasteiger partial charge in [0.2, 0.25) is 0 Å². The molecule has 3 N–H and O–H groups in total. The summed E-state index contributed by atoms with van der Waals surface area (Å²) in [4.78, 5) is 24.6. The number of rotatable bonds is 7. The molecule has 0 amide bonds. The van der Waals surface area contributed by atoms with Crippen LogP contribution < -0.4 is 0 Å². The summed E-state index contributed by atoms with van der Waals surface area (Å²) in [6.07, 6.45) is -0.668. The molecule has 1 aliphatic carbocycles. The fraction of sp³-hybridized carbons (Fsp3) is 0.600. The third kappa shape index (κ3) is 3.72. The molecule has 150 valence electrons. The zero-order chi connectivity index (χ0) is 20.5. The number of fused-ring (bicyclic) bond motifs is 1. The van der Waals surface area contributed by atoms with Crippen molar-refractivity contribution in [3.63, 3.8) is 0 Å². The highest BCUT2D eigenvalue weighted by Gasteiger charge is 2.59. The monoisotopic (exact) mass is 380 g/mol. The minimum atomic E-state index is -1.41. The normalized spacial score (nSPS) is 36.3. The molecule has 2 fully saturated rings. The molecule has 1 saturated carbocycles. The number of carbonyl (C=O) groups is 2. The third-order valence-electron chi connectivity index (χ3n) is 5.90. The van der Waals surface area contributed by atoms with Crippen LogP contribution in [0.2, 0.25) is 0 Å². The average molecular weight is 380 g/mol. The van der Waals surface area contributed by atoms with Crippen molar-refractivity contribution in [3.8, 4) is 0 Å². The Kier molecular flexibility index (Phi) is 6.29. The van der Waals surface area contributed by atoms with E-state index in [0.29, 0.717) is 12.0 Å². The number of carbonyl (C=O) groups excluding carboxylic acids is 2. The average Bonchev–Trinajstić information content (AvgIpc) is 2.94. The maximum atomic E-state index is 12.4. The van der Waals surface area contributed by atoms with Crippen molar-refractivity contribution in [2.75, 3.05) is 13.2 Å². The molecular formula is C20H28O7. The molecule has 2 rings (SSSR count). The number of aliphatic hydroxyl groups excluding tert-OH is 3. The van der Waals surface area contributed by atoms with E-state index in [0.717, 1.165) is 0 Å². The SMILES string of the molecule is C=CC1(C)CC(OC(=O)C(=C)C(O)CO)C2C(C)C(=O)OC2C1C(=C)CO. The van der Waals surface area contributed by atoms with Crippen LogP contribution in [-0.4, -0.2) is 58.8 Å². The van der Waals surface area contributed by atoms with Crippen molar-refractivity contribution in [2.24, 2.45) is 23.2 Å². The van der Waals surface area contributed by atoms with Gasteiger partial charge in [-0.15, -0.1) is 6.58 Å². The van der Waals surface area contributed by atoms with E-state index in [2.05, 4.69) is 19.7 Å². The summed E-state index contributed by atoms with van der Waals surface area (Å²) in [7, 11) is 0. The quantitative estimate of drug-likeness (QED) is 0.339. The first-order chi connectivity index (χ1) is 12.6. The van der Waals surface area contributed by atoms with Crippen LogP contribution in [0.1, 0.15) is 20.3 Å². The number of allylic oxidation sites excluding steroid dienone is 1. The molecule has 7 unspecified atom stereocenters. The van der Waals surface area contributed by atoms with Gasteiger partial charge in [0, 0.05) is 11.8 Å². The number of aliphatic hydroxyl groups is 3. The fourth-order valence-electron chi connectivity index (χ4n) is 4.24. The van der Waals surface area contributed by atoms with Crippen LogP contribution in [0.5, 0.6) is 0 Å². The molecular weight excluding hydrogens is 352 g/mol. The van der Waals surface area contributed by atoms with E-state index in [1.54, 1.807) is 13.0 Å². The Balaban J connectivity index is 2.37. The maximum absolute atomic E-state index is 12.4. The van der Waals surface area contributed by atoms with Crippen LogP contribution in [0.4, 0.5) is 0 Å². The van der Waals surface area contributed by atoms with Gasteiger partial charge in [-0.1, -0.05) is 33.1 Å². The van der Waals surface area contributed by atoms with Crippen LogP contribution >= 0.6 is 0 Å². The van der Waals surface area contributed by atoms with Gasteiger partial charge in [-0.05, 0) is 17.4 Å². The highest BCUT2D eigenvalue weighted by molar-refractivity contribution is 5.89. The Hall–Kier alpha value is -1.96. The van der Waals surface area contributed by atoms with Crippen molar-refractivity contribution >= 4 is 11.9 Å². The van der Waals surface area contributed by atoms with Gasteiger partial charge in [0.1, 0.15) is 18.3 Å². The molecule has 7 heteroatoms. The molecule has 0 aromatic carbocycles. The summed E-state index contributed by atoms with van der Waals surface area (Å²) in [5.74, 6) is -2.53. The van der Waals surface area contributed by atoms with E-state index in [4.69, 9.17) is 14.6 Å². The van der Waals surface area contributed by atoms with Gasteiger partial charge >= 0.3 is 11.9 Å². The molecule has 7 nitrogen and oxygen atoms in total. The van der Waals surface area contributed by atoms with Gasteiger partial charge in [-0.3, -0.25) is 4.79 Å². The highest BCUT2D eigenvalue weighted by atomic mass is 16.6. The lowest BCUT2D eigenvalue weighted by molar-refractivity contribution is -0.161. The Morgan fingerprint density at radius 1 is 1.44 bits per heavy atom. The molecule has 0 bridgehead atoms. The Morgan fingerprint density at radius 2 is 2.07 bits per heavy atom. The predicted molar refractivity (Wildman–Crippen MR) is 97.3 cm³/mol. The first-order valence-electron chi connectivity index (χ1n) is 8.92. The van der Waals surface area contributed by atoms with E-state index in [9.17, 15) is 19.8 Å². The molecule has 0 radical (unpaired) electrons. The Bertz CT molecular complexity index is 655. The second-order valence-electron chi connectivity index (χ2n) is 7.64. The number of esters is 2. The van der Waals surface area contributed by atoms with Gasteiger partial charge in [0.15, 0.2) is 0 Å². The molecule has 0 aromatic heterocycles. The molecule has 0 spiro atoms. The third-order valence-corrected chi connectivity index (χ3v) is 5.90. The van der Waals surface area contributed by atoms with E-state index >= 15 is 0 Å². The summed E-state index contributed by atoms with van der Waals surface area (Å²) in [5, 5.41) is 28.2. The fourth-order valence-corrected chi connectivity index (χ4v) is 4.24. The van der Waals surface area contributed by atoms with Crippen molar-refractivity contribution in [1.82, 2.24) is 0 Å². The van der Waals surface area contributed by atoms with Gasteiger partial charge in [-0.2, -0.15) is 0 Å². The molecule has 1 saturated heterocycles. The molecule has 0 aromatic rings. The zero-order valence-corrected chi connectivity index (χ0v) is 15.8. The number of hydrogen-bond donors (Lipinski definition) is 3. The lowest BCUT2D eigenvalue weighted by Gasteiger charge is -2.49. The van der Waals surface area contributed by atoms with Crippen LogP contribution in [0.25, 0.3) is 0 Å². The predicted octanol–water partition coefficient (Wildman–Crippen LogP) is 0.746. The summed E-state index contributed by atoms with van der Waals surface area (Å²) in [5.41, 5.74) is -0.360. The molecule has 7 atom stereocenters. The van der Waals surface area contributed by atoms with Gasteiger partial charge in [0.25, 0.3) is 0 Å².